The number of hydrogen-bond donors (Lipinski definition) is 4. The molecular weight excluding hydrogens is 479 g/mol. The van der Waals surface area contributed by atoms with Crippen LogP contribution >= 0.6 is 47.0 Å². The van der Waals surface area contributed by atoms with Gasteiger partial charge in [0.2, 0.25) is 0 Å². The Balaban J connectivity index is 1.65. The van der Waals surface area contributed by atoms with Crippen LogP contribution in [0.4, 0.5) is 11.4 Å². The van der Waals surface area contributed by atoms with Gasteiger partial charge < -0.3 is 10.6 Å². The third kappa shape index (κ3) is 6.08. The van der Waals surface area contributed by atoms with E-state index >= 15 is 0 Å². The second-order valence-electron chi connectivity index (χ2n) is 6.14. The Bertz CT molecular complexity index is 1160. The maximum absolute atomic E-state index is 12.5. The summed E-state index contributed by atoms with van der Waals surface area (Å²) in [4.78, 5) is 25.0. The molecule has 31 heavy (non-hydrogen) atoms. The average molecular weight is 494 g/mol. The summed E-state index contributed by atoms with van der Waals surface area (Å²) < 4.78 is 0. The van der Waals surface area contributed by atoms with Crippen molar-refractivity contribution in [1.29, 1.82) is 0 Å². The molecule has 0 saturated heterocycles. The summed E-state index contributed by atoms with van der Waals surface area (Å²) in [6.07, 6.45) is 0. The molecular formula is C21H15Cl3N4O2S. The van der Waals surface area contributed by atoms with E-state index in [2.05, 4.69) is 21.5 Å². The predicted octanol–water partition coefficient (Wildman–Crippen LogP) is 5.53. The van der Waals surface area contributed by atoms with Crippen LogP contribution in [0, 0.1) is 0 Å². The SMILES string of the molecule is O=C(Nc1cccc(C(=O)NNC(=S)Nc2ccccc2Cl)c1Cl)c1cccc(Cl)c1. The van der Waals surface area contributed by atoms with Crippen molar-refractivity contribution in [3.63, 3.8) is 0 Å². The Kier molecular flexibility index (Phi) is 7.70. The zero-order valence-corrected chi connectivity index (χ0v) is 18.8. The molecule has 0 spiro atoms. The number of carbonyl (C=O) groups is 2. The highest BCUT2D eigenvalue weighted by molar-refractivity contribution is 7.80. The van der Waals surface area contributed by atoms with Gasteiger partial charge in [0.15, 0.2) is 5.11 Å². The van der Waals surface area contributed by atoms with Gasteiger partial charge in [-0.2, -0.15) is 0 Å². The van der Waals surface area contributed by atoms with Gasteiger partial charge in [0, 0.05) is 10.6 Å². The van der Waals surface area contributed by atoms with Crippen LogP contribution < -0.4 is 21.5 Å². The number of amides is 2. The number of para-hydroxylation sites is 1. The summed E-state index contributed by atoms with van der Waals surface area (Å²) in [7, 11) is 0. The van der Waals surface area contributed by atoms with Crippen LogP contribution in [0.25, 0.3) is 0 Å². The predicted molar refractivity (Wildman–Crippen MR) is 129 cm³/mol. The fraction of sp³-hybridized carbons (Fsp3) is 0. The molecule has 3 aromatic rings. The van der Waals surface area contributed by atoms with Gasteiger partial charge in [-0.3, -0.25) is 20.4 Å². The van der Waals surface area contributed by atoms with Crippen molar-refractivity contribution < 1.29 is 9.59 Å². The zero-order chi connectivity index (χ0) is 22.4. The summed E-state index contributed by atoms with van der Waals surface area (Å²) in [5.41, 5.74) is 6.38. The van der Waals surface area contributed by atoms with E-state index in [1.165, 1.54) is 12.1 Å². The van der Waals surface area contributed by atoms with Gasteiger partial charge in [-0.05, 0) is 54.7 Å². The molecule has 0 heterocycles. The number of rotatable bonds is 4. The second-order valence-corrected chi connectivity index (χ2v) is 7.77. The van der Waals surface area contributed by atoms with Crippen LogP contribution in [0.15, 0.2) is 66.7 Å². The summed E-state index contributed by atoms with van der Waals surface area (Å²) >= 11 is 23.5. The Morgan fingerprint density at radius 3 is 2.19 bits per heavy atom. The summed E-state index contributed by atoms with van der Waals surface area (Å²) in [6, 6.07) is 18.2. The molecule has 0 unspecified atom stereocenters. The van der Waals surface area contributed by atoms with Crippen LogP contribution in [0.5, 0.6) is 0 Å². The van der Waals surface area contributed by atoms with E-state index in [9.17, 15) is 9.59 Å². The van der Waals surface area contributed by atoms with E-state index in [-0.39, 0.29) is 21.4 Å². The molecule has 0 aromatic heterocycles. The van der Waals surface area contributed by atoms with Crippen molar-refractivity contribution >= 4 is 75.3 Å². The van der Waals surface area contributed by atoms with Crippen molar-refractivity contribution in [1.82, 2.24) is 10.9 Å². The first-order valence-corrected chi connectivity index (χ1v) is 10.4. The quantitative estimate of drug-likeness (QED) is 0.284. The molecule has 0 aliphatic rings. The number of nitrogens with one attached hydrogen (secondary N) is 4. The number of halogens is 3. The molecule has 10 heteroatoms. The Labute approximate surface area is 198 Å². The maximum Gasteiger partial charge on any atom is 0.271 e. The molecule has 158 valence electrons. The molecule has 0 fully saturated rings. The first-order chi connectivity index (χ1) is 14.8. The summed E-state index contributed by atoms with van der Waals surface area (Å²) in [6.45, 7) is 0. The molecule has 2 amide bonds. The van der Waals surface area contributed by atoms with E-state index in [0.29, 0.717) is 21.3 Å². The Morgan fingerprint density at radius 2 is 1.45 bits per heavy atom. The summed E-state index contributed by atoms with van der Waals surface area (Å²) in [5, 5.41) is 6.64. The van der Waals surface area contributed by atoms with Gasteiger partial charge in [-0.1, -0.05) is 59.1 Å². The van der Waals surface area contributed by atoms with Crippen molar-refractivity contribution in [2.75, 3.05) is 10.6 Å². The minimum Gasteiger partial charge on any atom is -0.330 e. The van der Waals surface area contributed by atoms with Gasteiger partial charge >= 0.3 is 0 Å². The van der Waals surface area contributed by atoms with E-state index < -0.39 is 11.8 Å². The minimum absolute atomic E-state index is 0.0714. The molecule has 0 saturated carbocycles. The normalized spacial score (nSPS) is 10.2. The van der Waals surface area contributed by atoms with Crippen molar-refractivity contribution in [3.8, 4) is 0 Å². The standard InChI is InChI=1S/C21H15Cl3N4O2S/c22-13-6-3-5-12(11-13)19(29)25-17-10-4-7-14(18(17)24)20(30)27-28-21(31)26-16-9-2-1-8-15(16)23/h1-11H,(H,25,29)(H,27,30)(H2,26,28,31). The number of benzene rings is 3. The van der Waals surface area contributed by atoms with Crippen molar-refractivity contribution in [3.05, 3.63) is 92.9 Å². The fourth-order valence-electron chi connectivity index (χ4n) is 2.53. The zero-order valence-electron chi connectivity index (χ0n) is 15.7. The van der Waals surface area contributed by atoms with Gasteiger partial charge in [-0.15, -0.1) is 0 Å². The van der Waals surface area contributed by atoms with Crippen LogP contribution in [0.2, 0.25) is 15.1 Å². The van der Waals surface area contributed by atoms with Gasteiger partial charge in [0.1, 0.15) is 0 Å². The van der Waals surface area contributed by atoms with E-state index in [0.717, 1.165) is 0 Å². The maximum atomic E-state index is 12.5. The lowest BCUT2D eigenvalue weighted by Gasteiger charge is -2.14. The van der Waals surface area contributed by atoms with Gasteiger partial charge in [0.05, 0.1) is 27.0 Å². The van der Waals surface area contributed by atoms with Gasteiger partial charge in [0.25, 0.3) is 11.8 Å². The average Bonchev–Trinajstić information content (AvgIpc) is 2.75. The highest BCUT2D eigenvalue weighted by Gasteiger charge is 2.16. The van der Waals surface area contributed by atoms with Gasteiger partial charge in [-0.25, -0.2) is 0 Å². The fourth-order valence-corrected chi connectivity index (χ4v) is 3.32. The van der Waals surface area contributed by atoms with E-state index in [1.807, 2.05) is 0 Å². The molecule has 0 radical (unpaired) electrons. The van der Waals surface area contributed by atoms with Crippen molar-refractivity contribution in [2.24, 2.45) is 0 Å². The lowest BCUT2D eigenvalue weighted by atomic mass is 10.1. The van der Waals surface area contributed by atoms with Crippen LogP contribution in [-0.2, 0) is 0 Å². The third-order valence-electron chi connectivity index (χ3n) is 3.99. The molecule has 0 aliphatic heterocycles. The molecule has 0 aliphatic carbocycles. The van der Waals surface area contributed by atoms with Crippen LogP contribution in [-0.4, -0.2) is 16.9 Å². The second kappa shape index (κ2) is 10.5. The topological polar surface area (TPSA) is 82.3 Å². The van der Waals surface area contributed by atoms with Crippen molar-refractivity contribution in [2.45, 2.75) is 0 Å². The largest absolute Gasteiger partial charge is 0.330 e. The lowest BCUT2D eigenvalue weighted by molar-refractivity contribution is 0.0943. The van der Waals surface area contributed by atoms with Crippen LogP contribution in [0.1, 0.15) is 20.7 Å². The summed E-state index contributed by atoms with van der Waals surface area (Å²) in [5.74, 6) is -0.961. The smallest absolute Gasteiger partial charge is 0.271 e. The minimum atomic E-state index is -0.549. The highest BCUT2D eigenvalue weighted by atomic mass is 35.5. The molecule has 3 rings (SSSR count). The first kappa shape index (κ1) is 22.8. The molecule has 4 N–H and O–H groups in total. The molecule has 6 nitrogen and oxygen atoms in total. The molecule has 3 aromatic carbocycles. The Morgan fingerprint density at radius 1 is 0.742 bits per heavy atom. The monoisotopic (exact) mass is 492 g/mol. The lowest BCUT2D eigenvalue weighted by Crippen LogP contribution is -2.43. The highest BCUT2D eigenvalue weighted by Crippen LogP contribution is 2.26. The Hall–Kier alpha value is -2.84. The molecule has 0 atom stereocenters. The number of anilines is 2. The van der Waals surface area contributed by atoms with E-state index in [1.54, 1.807) is 54.6 Å². The number of hydrazine groups is 1. The van der Waals surface area contributed by atoms with E-state index in [4.69, 9.17) is 47.0 Å². The number of carbonyl (C=O) groups excluding carboxylic acids is 2. The first-order valence-electron chi connectivity index (χ1n) is 8.82. The van der Waals surface area contributed by atoms with Crippen LogP contribution in [0.3, 0.4) is 0 Å². The molecule has 0 bridgehead atoms. The third-order valence-corrected chi connectivity index (χ3v) is 5.17. The number of hydrogen-bond acceptors (Lipinski definition) is 3. The number of thiocarbonyl (C=S) groups is 1.